The van der Waals surface area contributed by atoms with Gasteiger partial charge in [-0.05, 0) is 36.2 Å². The number of hydrogen-bond acceptors (Lipinski definition) is 3. The molecule has 1 aliphatic carbocycles. The molecule has 1 atom stereocenters. The van der Waals surface area contributed by atoms with Crippen molar-refractivity contribution < 1.29 is 0 Å². The summed E-state index contributed by atoms with van der Waals surface area (Å²) in [5, 5.41) is 0. The normalized spacial score (nSPS) is 21.1. The van der Waals surface area contributed by atoms with Crippen LogP contribution >= 0.6 is 0 Å². The van der Waals surface area contributed by atoms with Crippen molar-refractivity contribution in [2.75, 3.05) is 5.73 Å². The van der Waals surface area contributed by atoms with Crippen molar-refractivity contribution in [3.8, 4) is 0 Å². The SMILES string of the molecule is CC(C)(C)[C@H]1CCc2nc(N)ncc2C1. The molecule has 0 aromatic carbocycles. The molecule has 0 saturated heterocycles. The molecule has 1 heterocycles. The predicted octanol–water partition coefficient (Wildman–Crippen LogP) is 2.21. The second kappa shape index (κ2) is 3.47. The Morgan fingerprint density at radius 3 is 2.80 bits per heavy atom. The van der Waals surface area contributed by atoms with Gasteiger partial charge in [0, 0.05) is 11.9 Å². The Hall–Kier alpha value is -1.12. The van der Waals surface area contributed by atoms with E-state index in [0.29, 0.717) is 11.4 Å². The topological polar surface area (TPSA) is 51.8 Å². The third-order valence-corrected chi connectivity index (χ3v) is 3.39. The van der Waals surface area contributed by atoms with Crippen LogP contribution in [0.25, 0.3) is 0 Å². The number of nitrogens with two attached hydrogens (primary N) is 1. The molecule has 82 valence electrons. The Kier molecular flexibility index (Phi) is 2.41. The van der Waals surface area contributed by atoms with Crippen LogP contribution in [0.15, 0.2) is 6.20 Å². The summed E-state index contributed by atoms with van der Waals surface area (Å²) in [5.41, 5.74) is 8.40. The molecule has 0 amide bonds. The lowest BCUT2D eigenvalue weighted by molar-refractivity contribution is 0.214. The number of nitrogens with zero attached hydrogens (tertiary/aromatic N) is 2. The highest BCUT2D eigenvalue weighted by Crippen LogP contribution is 2.36. The summed E-state index contributed by atoms with van der Waals surface area (Å²) in [7, 11) is 0. The first-order valence-electron chi connectivity index (χ1n) is 5.57. The van der Waals surface area contributed by atoms with Crippen molar-refractivity contribution in [3.05, 3.63) is 17.5 Å². The average molecular weight is 205 g/mol. The lowest BCUT2D eigenvalue weighted by Crippen LogP contribution is -2.27. The van der Waals surface area contributed by atoms with E-state index in [1.54, 1.807) is 0 Å². The maximum Gasteiger partial charge on any atom is 0.220 e. The fraction of sp³-hybridized carbons (Fsp3) is 0.667. The summed E-state index contributed by atoms with van der Waals surface area (Å²) >= 11 is 0. The fourth-order valence-corrected chi connectivity index (χ4v) is 2.26. The van der Waals surface area contributed by atoms with E-state index in [-0.39, 0.29) is 0 Å². The zero-order valence-corrected chi connectivity index (χ0v) is 9.75. The van der Waals surface area contributed by atoms with Crippen LogP contribution in [-0.4, -0.2) is 9.97 Å². The summed E-state index contributed by atoms with van der Waals surface area (Å²) < 4.78 is 0. The molecule has 0 aliphatic heterocycles. The smallest absolute Gasteiger partial charge is 0.220 e. The van der Waals surface area contributed by atoms with Crippen LogP contribution in [0.4, 0.5) is 5.95 Å². The summed E-state index contributed by atoms with van der Waals surface area (Å²) in [6, 6.07) is 0. The monoisotopic (exact) mass is 205 g/mol. The molecule has 0 fully saturated rings. The lowest BCUT2D eigenvalue weighted by Gasteiger charge is -2.34. The second-order valence-corrected chi connectivity index (χ2v) is 5.51. The molecule has 2 N–H and O–H groups in total. The molecule has 1 aromatic heterocycles. The van der Waals surface area contributed by atoms with E-state index >= 15 is 0 Å². The van der Waals surface area contributed by atoms with Crippen molar-refractivity contribution in [1.82, 2.24) is 9.97 Å². The van der Waals surface area contributed by atoms with Gasteiger partial charge in [-0.3, -0.25) is 0 Å². The van der Waals surface area contributed by atoms with Crippen LogP contribution in [0.1, 0.15) is 38.4 Å². The number of aromatic nitrogens is 2. The van der Waals surface area contributed by atoms with Crippen molar-refractivity contribution in [3.63, 3.8) is 0 Å². The second-order valence-electron chi connectivity index (χ2n) is 5.51. The third kappa shape index (κ3) is 2.11. The van der Waals surface area contributed by atoms with Gasteiger partial charge >= 0.3 is 0 Å². The highest BCUT2D eigenvalue weighted by Gasteiger charge is 2.29. The molecule has 0 unspecified atom stereocenters. The largest absolute Gasteiger partial charge is 0.368 e. The molecule has 3 nitrogen and oxygen atoms in total. The van der Waals surface area contributed by atoms with Gasteiger partial charge in [-0.25, -0.2) is 9.97 Å². The lowest BCUT2D eigenvalue weighted by atomic mass is 9.72. The number of hydrogen-bond donors (Lipinski definition) is 1. The van der Waals surface area contributed by atoms with Crippen LogP contribution < -0.4 is 5.73 Å². The molecule has 0 spiro atoms. The number of nitrogen functional groups attached to an aromatic ring is 1. The van der Waals surface area contributed by atoms with Crippen molar-refractivity contribution >= 4 is 5.95 Å². The Morgan fingerprint density at radius 2 is 2.13 bits per heavy atom. The molecule has 15 heavy (non-hydrogen) atoms. The molecule has 0 saturated carbocycles. The van der Waals surface area contributed by atoms with Crippen LogP contribution in [-0.2, 0) is 12.8 Å². The Labute approximate surface area is 91.1 Å². The minimum atomic E-state index is 0.374. The van der Waals surface area contributed by atoms with Gasteiger partial charge in [0.25, 0.3) is 0 Å². The van der Waals surface area contributed by atoms with Gasteiger partial charge in [0.2, 0.25) is 5.95 Å². The maximum absolute atomic E-state index is 5.58. The van der Waals surface area contributed by atoms with Gasteiger partial charge in [-0.1, -0.05) is 20.8 Å². The van der Waals surface area contributed by atoms with Gasteiger partial charge in [0.15, 0.2) is 0 Å². The van der Waals surface area contributed by atoms with Gasteiger partial charge in [-0.2, -0.15) is 0 Å². The van der Waals surface area contributed by atoms with E-state index in [9.17, 15) is 0 Å². The molecule has 1 aromatic rings. The number of rotatable bonds is 0. The quantitative estimate of drug-likeness (QED) is 0.706. The zero-order valence-electron chi connectivity index (χ0n) is 9.75. The molecular weight excluding hydrogens is 186 g/mol. The van der Waals surface area contributed by atoms with Crippen LogP contribution in [0.2, 0.25) is 0 Å². The first-order chi connectivity index (χ1) is 6.97. The van der Waals surface area contributed by atoms with Crippen molar-refractivity contribution in [2.24, 2.45) is 11.3 Å². The number of aryl methyl sites for hydroxylation is 1. The number of anilines is 1. The Balaban J connectivity index is 2.24. The van der Waals surface area contributed by atoms with E-state index in [1.807, 2.05) is 6.20 Å². The molecule has 2 rings (SSSR count). The Bertz CT molecular complexity index is 366. The summed E-state index contributed by atoms with van der Waals surface area (Å²) in [5.74, 6) is 1.14. The van der Waals surface area contributed by atoms with Crippen molar-refractivity contribution in [1.29, 1.82) is 0 Å². The van der Waals surface area contributed by atoms with Gasteiger partial charge in [0.05, 0.1) is 0 Å². The first kappa shape index (κ1) is 10.4. The third-order valence-electron chi connectivity index (χ3n) is 3.39. The average Bonchev–Trinajstić information content (AvgIpc) is 2.15. The van der Waals surface area contributed by atoms with Gasteiger partial charge in [0.1, 0.15) is 0 Å². The van der Waals surface area contributed by atoms with E-state index in [0.717, 1.165) is 24.5 Å². The standard InChI is InChI=1S/C12H19N3/c1-12(2,3)9-4-5-10-8(6-9)7-14-11(13)15-10/h7,9H,4-6H2,1-3H3,(H2,13,14,15)/t9-/m0/s1. The molecule has 0 radical (unpaired) electrons. The van der Waals surface area contributed by atoms with Crippen LogP contribution in [0.3, 0.4) is 0 Å². The van der Waals surface area contributed by atoms with E-state index < -0.39 is 0 Å². The number of fused-ring (bicyclic) bond motifs is 1. The minimum Gasteiger partial charge on any atom is -0.368 e. The minimum absolute atomic E-state index is 0.374. The summed E-state index contributed by atoms with van der Waals surface area (Å²) in [4.78, 5) is 8.37. The molecule has 0 bridgehead atoms. The molecular formula is C12H19N3. The van der Waals surface area contributed by atoms with E-state index in [1.165, 1.54) is 12.0 Å². The fourth-order valence-electron chi connectivity index (χ4n) is 2.26. The Morgan fingerprint density at radius 1 is 1.40 bits per heavy atom. The van der Waals surface area contributed by atoms with Gasteiger partial charge in [-0.15, -0.1) is 0 Å². The van der Waals surface area contributed by atoms with E-state index in [4.69, 9.17) is 5.73 Å². The highest BCUT2D eigenvalue weighted by atomic mass is 15.0. The highest BCUT2D eigenvalue weighted by molar-refractivity contribution is 5.27. The summed E-state index contributed by atoms with van der Waals surface area (Å²) in [6.07, 6.45) is 5.26. The molecule has 1 aliphatic rings. The van der Waals surface area contributed by atoms with E-state index in [2.05, 4.69) is 30.7 Å². The van der Waals surface area contributed by atoms with Crippen LogP contribution in [0, 0.1) is 11.3 Å². The van der Waals surface area contributed by atoms with Gasteiger partial charge < -0.3 is 5.73 Å². The summed E-state index contributed by atoms with van der Waals surface area (Å²) in [6.45, 7) is 6.92. The predicted molar refractivity (Wildman–Crippen MR) is 61.4 cm³/mol. The van der Waals surface area contributed by atoms with Crippen LogP contribution in [0.5, 0.6) is 0 Å². The zero-order chi connectivity index (χ0) is 11.1. The molecule has 3 heteroatoms. The first-order valence-corrected chi connectivity index (χ1v) is 5.57. The maximum atomic E-state index is 5.58. The van der Waals surface area contributed by atoms with Crippen molar-refractivity contribution in [2.45, 2.75) is 40.0 Å².